The van der Waals surface area contributed by atoms with Crippen LogP contribution in [0.3, 0.4) is 0 Å². The van der Waals surface area contributed by atoms with Gasteiger partial charge in [0, 0.05) is 38.1 Å². The molecule has 6 N–H and O–H groups in total. The largest absolute Gasteiger partial charge is 0.479 e. The molecule has 0 aromatic heterocycles. The maximum atomic E-state index is 13.8. The fourth-order valence-electron chi connectivity index (χ4n) is 5.64. The van der Waals surface area contributed by atoms with Gasteiger partial charge in [0.15, 0.2) is 0 Å². The van der Waals surface area contributed by atoms with Crippen LogP contribution in [0.4, 0.5) is 4.79 Å². The predicted molar refractivity (Wildman–Crippen MR) is 159 cm³/mol. The third-order valence-electron chi connectivity index (χ3n) is 8.49. The summed E-state index contributed by atoms with van der Waals surface area (Å²) < 4.78 is 23.1. The highest BCUT2D eigenvalue weighted by Crippen LogP contribution is 2.45. The van der Waals surface area contributed by atoms with Gasteiger partial charge < -0.3 is 31.3 Å². The molecule has 4 amide bonds. The number of urea groups is 1. The average Bonchev–Trinajstić information content (AvgIpc) is 3.37. The van der Waals surface area contributed by atoms with Crippen LogP contribution in [0, 0.1) is 11.3 Å². The van der Waals surface area contributed by atoms with Gasteiger partial charge in [-0.15, -0.1) is 0 Å². The summed E-state index contributed by atoms with van der Waals surface area (Å²) in [7, 11) is 1.74. The van der Waals surface area contributed by atoms with Crippen molar-refractivity contribution in [2.75, 3.05) is 33.2 Å². The SMILES string of the molecule is CNCCN(CC(NC(=O)N[C@H]1CCCCC/C=C\C2C[C@@]2(C(=O)O)NC(=O)[C@@H]2CCCN2C1=O)C(C)(C)C)S(=O)O. The third-order valence-corrected chi connectivity index (χ3v) is 9.26. The minimum absolute atomic E-state index is 0.120. The fraction of sp³-hybridized carbons (Fsp3) is 0.786. The average molecular weight is 613 g/mol. The molecule has 0 spiro atoms. The molecule has 2 heterocycles. The van der Waals surface area contributed by atoms with E-state index in [9.17, 15) is 33.0 Å². The molecule has 6 atom stereocenters. The van der Waals surface area contributed by atoms with Crippen LogP contribution in [0.25, 0.3) is 0 Å². The zero-order valence-corrected chi connectivity index (χ0v) is 26.0. The van der Waals surface area contributed by atoms with Crippen LogP contribution in [0.15, 0.2) is 12.2 Å². The third kappa shape index (κ3) is 8.74. The monoisotopic (exact) mass is 612 g/mol. The Bertz CT molecular complexity index is 1050. The molecule has 2 aliphatic heterocycles. The second-order valence-electron chi connectivity index (χ2n) is 12.6. The lowest BCUT2D eigenvalue weighted by atomic mass is 9.86. The lowest BCUT2D eigenvalue weighted by Gasteiger charge is -2.35. The number of carboxylic acids is 1. The van der Waals surface area contributed by atoms with Gasteiger partial charge in [0.05, 0.1) is 0 Å². The molecule has 1 aliphatic carbocycles. The molecule has 13 nitrogen and oxygen atoms in total. The first-order valence-corrected chi connectivity index (χ1v) is 16.0. The second kappa shape index (κ2) is 14.8. The van der Waals surface area contributed by atoms with E-state index in [1.165, 1.54) is 9.21 Å². The standard InChI is InChI=1S/C28H48N6O7S/c1-27(2,3)22(18-33(42(40)41)16-14-29-4)31-26(39)30-20-12-9-7-5-6-8-11-19-17-28(19,25(37)38)32-23(35)21-13-10-15-34(21)24(20)36/h8,11,19-22,29H,5-7,9-10,12-18H2,1-4H3,(H,32,35)(H,37,38)(H,40,41)(H2,30,31,39)/b11-8-/t19?,20-,21-,22?,28+/m0/s1. The van der Waals surface area contributed by atoms with Crippen molar-refractivity contribution in [2.24, 2.45) is 11.3 Å². The molecule has 2 fully saturated rings. The number of fused-ring (bicyclic) bond motifs is 2. The highest BCUT2D eigenvalue weighted by Gasteiger charge is 2.61. The lowest BCUT2D eigenvalue weighted by molar-refractivity contribution is -0.145. The molecule has 3 unspecified atom stereocenters. The van der Waals surface area contributed by atoms with Crippen molar-refractivity contribution < 1.29 is 33.0 Å². The minimum Gasteiger partial charge on any atom is -0.479 e. The molecular weight excluding hydrogens is 564 g/mol. The summed E-state index contributed by atoms with van der Waals surface area (Å²) >= 11 is -2.23. The van der Waals surface area contributed by atoms with Crippen LogP contribution in [0.5, 0.6) is 0 Å². The quantitative estimate of drug-likeness (QED) is 0.166. The van der Waals surface area contributed by atoms with Gasteiger partial charge in [-0.25, -0.2) is 13.8 Å². The molecule has 42 heavy (non-hydrogen) atoms. The van der Waals surface area contributed by atoms with Crippen LogP contribution in [-0.4, -0.2) is 104 Å². The van der Waals surface area contributed by atoms with E-state index in [0.717, 1.165) is 19.3 Å². The van der Waals surface area contributed by atoms with Crippen LogP contribution in [0.2, 0.25) is 0 Å². The molecule has 1 saturated carbocycles. The molecule has 238 valence electrons. The number of carboxylic acid groups (broad SMARTS) is 1. The van der Waals surface area contributed by atoms with E-state index in [2.05, 4.69) is 21.3 Å². The van der Waals surface area contributed by atoms with Crippen molar-refractivity contribution in [2.45, 2.75) is 95.8 Å². The molecular formula is C28H48N6O7S. The Hall–Kier alpha value is -2.55. The number of aliphatic carboxylic acids is 1. The van der Waals surface area contributed by atoms with E-state index < -0.39 is 58.3 Å². The second-order valence-corrected chi connectivity index (χ2v) is 13.6. The van der Waals surface area contributed by atoms with E-state index in [4.69, 9.17) is 0 Å². The van der Waals surface area contributed by atoms with Gasteiger partial charge in [-0.1, -0.05) is 45.8 Å². The van der Waals surface area contributed by atoms with Crippen molar-refractivity contribution in [1.29, 1.82) is 0 Å². The lowest BCUT2D eigenvalue weighted by Crippen LogP contribution is -2.59. The Morgan fingerprint density at radius 2 is 1.95 bits per heavy atom. The smallest absolute Gasteiger partial charge is 0.330 e. The van der Waals surface area contributed by atoms with Gasteiger partial charge in [0.25, 0.3) is 0 Å². The first kappa shape index (κ1) is 33.9. The van der Waals surface area contributed by atoms with Crippen molar-refractivity contribution in [3.8, 4) is 0 Å². The van der Waals surface area contributed by atoms with E-state index in [0.29, 0.717) is 51.7 Å². The van der Waals surface area contributed by atoms with Gasteiger partial charge in [-0.05, 0) is 51.0 Å². The zero-order chi connectivity index (χ0) is 31.1. The Kier molecular flexibility index (Phi) is 11.9. The Balaban J connectivity index is 1.76. The number of carbonyl (C=O) groups is 4. The van der Waals surface area contributed by atoms with Gasteiger partial charge in [0.1, 0.15) is 17.6 Å². The highest BCUT2D eigenvalue weighted by molar-refractivity contribution is 7.76. The van der Waals surface area contributed by atoms with Crippen molar-refractivity contribution in [3.05, 3.63) is 12.2 Å². The number of hydrogen-bond donors (Lipinski definition) is 6. The van der Waals surface area contributed by atoms with Gasteiger partial charge in [-0.2, -0.15) is 4.31 Å². The molecule has 0 aromatic carbocycles. The number of nitrogens with one attached hydrogen (secondary N) is 4. The number of likely N-dealkylation sites (N-methyl/N-ethyl adjacent to an activating group) is 1. The van der Waals surface area contributed by atoms with E-state index in [1.807, 2.05) is 32.9 Å². The van der Waals surface area contributed by atoms with E-state index >= 15 is 0 Å². The summed E-state index contributed by atoms with van der Waals surface area (Å²) in [6.07, 6.45) is 8.66. The Morgan fingerprint density at radius 3 is 2.60 bits per heavy atom. The normalized spacial score (nSPS) is 29.3. The predicted octanol–water partition coefficient (Wildman–Crippen LogP) is 1.20. The number of hydrogen-bond acceptors (Lipinski definition) is 6. The van der Waals surface area contributed by atoms with Gasteiger partial charge >= 0.3 is 12.0 Å². The molecule has 0 aromatic rings. The van der Waals surface area contributed by atoms with Crippen LogP contribution >= 0.6 is 0 Å². The molecule has 3 rings (SSSR count). The summed E-state index contributed by atoms with van der Waals surface area (Å²) in [6.45, 7) is 7.00. The van der Waals surface area contributed by atoms with E-state index in [-0.39, 0.29) is 18.4 Å². The van der Waals surface area contributed by atoms with Crippen molar-refractivity contribution in [1.82, 2.24) is 30.5 Å². The summed E-state index contributed by atoms with van der Waals surface area (Å²) in [5.41, 5.74) is -1.81. The summed E-state index contributed by atoms with van der Waals surface area (Å²) in [6, 6.07) is -2.77. The van der Waals surface area contributed by atoms with Crippen LogP contribution in [-0.2, 0) is 25.7 Å². The first-order valence-electron chi connectivity index (χ1n) is 14.9. The fourth-order valence-corrected chi connectivity index (χ4v) is 6.17. The Labute approximate surface area is 251 Å². The molecule has 14 heteroatoms. The Morgan fingerprint density at radius 1 is 1.21 bits per heavy atom. The number of allylic oxidation sites excluding steroid dienone is 1. The molecule has 0 bridgehead atoms. The van der Waals surface area contributed by atoms with Crippen molar-refractivity contribution in [3.63, 3.8) is 0 Å². The maximum Gasteiger partial charge on any atom is 0.330 e. The van der Waals surface area contributed by atoms with Gasteiger partial charge in [0.2, 0.25) is 23.1 Å². The molecule has 1 saturated heterocycles. The van der Waals surface area contributed by atoms with E-state index in [1.54, 1.807) is 7.05 Å². The number of carbonyl (C=O) groups excluding carboxylic acids is 3. The summed E-state index contributed by atoms with van der Waals surface area (Å²) in [5.74, 6) is -2.21. The molecule has 3 aliphatic rings. The zero-order valence-electron chi connectivity index (χ0n) is 25.2. The highest BCUT2D eigenvalue weighted by atomic mass is 32.2. The first-order chi connectivity index (χ1) is 19.8. The minimum atomic E-state index is -2.23. The molecule has 0 radical (unpaired) electrons. The topological polar surface area (TPSA) is 180 Å². The van der Waals surface area contributed by atoms with Gasteiger partial charge in [-0.3, -0.25) is 14.1 Å². The number of rotatable bonds is 9. The van der Waals surface area contributed by atoms with Crippen LogP contribution in [0.1, 0.15) is 72.1 Å². The number of amides is 4. The summed E-state index contributed by atoms with van der Waals surface area (Å²) in [5, 5.41) is 21.3. The summed E-state index contributed by atoms with van der Waals surface area (Å²) in [4.78, 5) is 54.0. The van der Waals surface area contributed by atoms with Crippen LogP contribution < -0.4 is 21.3 Å². The maximum absolute atomic E-state index is 13.8. The van der Waals surface area contributed by atoms with Crippen molar-refractivity contribution >= 4 is 35.1 Å². The number of nitrogens with zero attached hydrogens (tertiary/aromatic N) is 2.